The minimum atomic E-state index is -3.65. The van der Waals surface area contributed by atoms with Crippen LogP contribution in [0.1, 0.15) is 20.3 Å². The Kier molecular flexibility index (Phi) is 5.15. The first-order chi connectivity index (χ1) is 8.22. The van der Waals surface area contributed by atoms with Crippen LogP contribution in [-0.2, 0) is 10.0 Å². The molecule has 0 heterocycles. The number of hydrogen-bond acceptors (Lipinski definition) is 4. The smallest absolute Gasteiger partial charge is 0.242 e. The number of nitrogen functional groups attached to an aromatic ring is 1. The Morgan fingerprint density at radius 1 is 1.44 bits per heavy atom. The van der Waals surface area contributed by atoms with Gasteiger partial charge in [0, 0.05) is 16.2 Å². The van der Waals surface area contributed by atoms with E-state index in [4.69, 9.17) is 5.73 Å². The zero-order chi connectivity index (χ0) is 13.9. The molecular formula is C11H17BrN2O3S. The van der Waals surface area contributed by atoms with Crippen LogP contribution < -0.4 is 10.5 Å². The third kappa shape index (κ3) is 4.24. The van der Waals surface area contributed by atoms with Crippen LogP contribution in [0.5, 0.6) is 0 Å². The molecule has 102 valence electrons. The minimum absolute atomic E-state index is 0.0972. The van der Waals surface area contributed by atoms with Gasteiger partial charge in [0.05, 0.1) is 11.0 Å². The molecular weight excluding hydrogens is 320 g/mol. The fraction of sp³-hybridized carbons (Fsp3) is 0.455. The molecule has 1 aromatic rings. The van der Waals surface area contributed by atoms with E-state index in [-0.39, 0.29) is 10.9 Å². The summed E-state index contributed by atoms with van der Waals surface area (Å²) in [5.74, 6) is 0. The van der Waals surface area contributed by atoms with Gasteiger partial charge in [-0.05, 0) is 54.4 Å². The summed E-state index contributed by atoms with van der Waals surface area (Å²) in [4.78, 5) is 0.0972. The topological polar surface area (TPSA) is 92.4 Å². The number of benzene rings is 1. The van der Waals surface area contributed by atoms with Gasteiger partial charge in [-0.15, -0.1) is 0 Å². The molecule has 7 heteroatoms. The molecule has 0 aromatic heterocycles. The van der Waals surface area contributed by atoms with Crippen molar-refractivity contribution in [3.63, 3.8) is 0 Å². The second kappa shape index (κ2) is 6.01. The Hall–Kier alpha value is -0.630. The number of aliphatic hydroxyl groups is 1. The van der Waals surface area contributed by atoms with Gasteiger partial charge in [-0.1, -0.05) is 0 Å². The zero-order valence-electron chi connectivity index (χ0n) is 10.2. The van der Waals surface area contributed by atoms with Crippen LogP contribution >= 0.6 is 15.9 Å². The second-order valence-corrected chi connectivity index (χ2v) is 6.83. The standard InChI is InChI=1S/C11H17BrN2O3S/c1-7(5-8(2)15)14-18(16,17)11-6-9(13)3-4-10(11)12/h3-4,6-8,14-15H,5,13H2,1-2H3. The number of aliphatic hydroxyl groups excluding tert-OH is 1. The van der Waals surface area contributed by atoms with Gasteiger partial charge in [0.25, 0.3) is 0 Å². The van der Waals surface area contributed by atoms with E-state index in [2.05, 4.69) is 20.7 Å². The Morgan fingerprint density at radius 2 is 2.06 bits per heavy atom. The summed E-state index contributed by atoms with van der Waals surface area (Å²) < 4.78 is 27.2. The lowest BCUT2D eigenvalue weighted by Crippen LogP contribution is -2.34. The molecule has 0 bridgehead atoms. The molecule has 0 aliphatic heterocycles. The van der Waals surface area contributed by atoms with Gasteiger partial charge in [-0.3, -0.25) is 0 Å². The summed E-state index contributed by atoms with van der Waals surface area (Å²) in [6.45, 7) is 3.31. The minimum Gasteiger partial charge on any atom is -0.399 e. The van der Waals surface area contributed by atoms with E-state index in [0.29, 0.717) is 16.6 Å². The quantitative estimate of drug-likeness (QED) is 0.710. The summed E-state index contributed by atoms with van der Waals surface area (Å²) in [7, 11) is -3.65. The Morgan fingerprint density at radius 3 is 2.61 bits per heavy atom. The number of sulfonamides is 1. The number of nitrogens with one attached hydrogen (secondary N) is 1. The molecule has 0 aliphatic carbocycles. The number of anilines is 1. The van der Waals surface area contributed by atoms with Crippen LogP contribution in [0.2, 0.25) is 0 Å². The first-order valence-corrected chi connectivity index (χ1v) is 7.75. The highest BCUT2D eigenvalue weighted by atomic mass is 79.9. The molecule has 0 saturated heterocycles. The maximum absolute atomic E-state index is 12.1. The van der Waals surface area contributed by atoms with Crippen LogP contribution in [-0.4, -0.2) is 25.7 Å². The van der Waals surface area contributed by atoms with Crippen molar-refractivity contribution < 1.29 is 13.5 Å². The molecule has 0 aliphatic rings. The van der Waals surface area contributed by atoms with E-state index >= 15 is 0 Å². The maximum Gasteiger partial charge on any atom is 0.242 e. The van der Waals surface area contributed by atoms with Crippen molar-refractivity contribution in [2.75, 3.05) is 5.73 Å². The molecule has 1 rings (SSSR count). The van der Waals surface area contributed by atoms with Crippen molar-refractivity contribution in [3.05, 3.63) is 22.7 Å². The molecule has 0 saturated carbocycles. The van der Waals surface area contributed by atoms with Crippen molar-refractivity contribution >= 4 is 31.6 Å². The Labute approximate surface area is 116 Å². The monoisotopic (exact) mass is 336 g/mol. The van der Waals surface area contributed by atoms with Crippen molar-refractivity contribution in [3.8, 4) is 0 Å². The van der Waals surface area contributed by atoms with Crippen LogP contribution in [0, 0.1) is 0 Å². The van der Waals surface area contributed by atoms with E-state index in [9.17, 15) is 13.5 Å². The van der Waals surface area contributed by atoms with Crippen LogP contribution in [0.25, 0.3) is 0 Å². The molecule has 0 spiro atoms. The summed E-state index contributed by atoms with van der Waals surface area (Å²) in [5, 5.41) is 9.22. The van der Waals surface area contributed by atoms with Gasteiger partial charge in [0.1, 0.15) is 0 Å². The van der Waals surface area contributed by atoms with Gasteiger partial charge in [-0.2, -0.15) is 0 Å². The number of nitrogens with two attached hydrogens (primary N) is 1. The molecule has 5 nitrogen and oxygen atoms in total. The van der Waals surface area contributed by atoms with Crippen LogP contribution in [0.4, 0.5) is 5.69 Å². The van der Waals surface area contributed by atoms with Gasteiger partial charge < -0.3 is 10.8 Å². The largest absolute Gasteiger partial charge is 0.399 e. The Bertz CT molecular complexity index is 517. The van der Waals surface area contributed by atoms with Crippen LogP contribution in [0.15, 0.2) is 27.6 Å². The highest BCUT2D eigenvalue weighted by Gasteiger charge is 2.21. The lowest BCUT2D eigenvalue weighted by Gasteiger charge is -2.16. The average molecular weight is 337 g/mol. The molecule has 1 aromatic carbocycles. The van der Waals surface area contributed by atoms with Crippen molar-refractivity contribution in [1.29, 1.82) is 0 Å². The predicted octanol–water partition coefficient (Wildman–Crippen LogP) is 1.47. The first kappa shape index (κ1) is 15.4. The molecule has 2 unspecified atom stereocenters. The molecule has 18 heavy (non-hydrogen) atoms. The van der Waals surface area contributed by atoms with Gasteiger partial charge in [0.15, 0.2) is 0 Å². The highest BCUT2D eigenvalue weighted by molar-refractivity contribution is 9.10. The first-order valence-electron chi connectivity index (χ1n) is 5.48. The summed E-state index contributed by atoms with van der Waals surface area (Å²) in [6, 6.07) is 4.23. The SMILES string of the molecule is CC(O)CC(C)NS(=O)(=O)c1cc(N)ccc1Br. The average Bonchev–Trinajstić information content (AvgIpc) is 2.19. The fourth-order valence-corrected chi connectivity index (χ4v) is 3.87. The summed E-state index contributed by atoms with van der Waals surface area (Å²) >= 11 is 3.18. The van der Waals surface area contributed by atoms with Crippen molar-refractivity contribution in [2.45, 2.75) is 37.3 Å². The predicted molar refractivity (Wildman–Crippen MR) is 74.6 cm³/mol. The van der Waals surface area contributed by atoms with Crippen molar-refractivity contribution in [2.24, 2.45) is 0 Å². The summed E-state index contributed by atoms with van der Waals surface area (Å²) in [5.41, 5.74) is 5.96. The number of rotatable bonds is 5. The molecule has 2 atom stereocenters. The van der Waals surface area contributed by atoms with Gasteiger partial charge in [0.2, 0.25) is 10.0 Å². The van der Waals surface area contributed by atoms with E-state index in [1.165, 1.54) is 6.07 Å². The third-order valence-electron chi connectivity index (χ3n) is 2.30. The molecule has 0 amide bonds. The van der Waals surface area contributed by atoms with E-state index in [1.807, 2.05) is 0 Å². The van der Waals surface area contributed by atoms with Gasteiger partial charge in [-0.25, -0.2) is 13.1 Å². The zero-order valence-corrected chi connectivity index (χ0v) is 12.6. The molecule has 4 N–H and O–H groups in total. The number of hydrogen-bond donors (Lipinski definition) is 3. The van der Waals surface area contributed by atoms with E-state index in [0.717, 1.165) is 0 Å². The third-order valence-corrected chi connectivity index (χ3v) is 4.88. The highest BCUT2D eigenvalue weighted by Crippen LogP contribution is 2.24. The van der Waals surface area contributed by atoms with Crippen molar-refractivity contribution in [1.82, 2.24) is 4.72 Å². The maximum atomic E-state index is 12.1. The lowest BCUT2D eigenvalue weighted by molar-refractivity contribution is 0.175. The van der Waals surface area contributed by atoms with E-state index in [1.54, 1.807) is 26.0 Å². The van der Waals surface area contributed by atoms with Gasteiger partial charge >= 0.3 is 0 Å². The summed E-state index contributed by atoms with van der Waals surface area (Å²) in [6.07, 6.45) is -0.217. The Balaban J connectivity index is 2.96. The molecule has 0 fully saturated rings. The van der Waals surface area contributed by atoms with E-state index < -0.39 is 16.1 Å². The molecule has 0 radical (unpaired) electrons. The normalized spacial score (nSPS) is 15.3. The lowest BCUT2D eigenvalue weighted by atomic mass is 10.2. The number of halogens is 1. The fourth-order valence-electron chi connectivity index (χ4n) is 1.61. The second-order valence-electron chi connectivity index (χ2n) is 4.30. The van der Waals surface area contributed by atoms with Crippen LogP contribution in [0.3, 0.4) is 0 Å².